The normalized spacial score (nSPS) is 17.6. The van der Waals surface area contributed by atoms with Gasteiger partial charge in [-0.05, 0) is 25.0 Å². The lowest BCUT2D eigenvalue weighted by Crippen LogP contribution is -2.41. The maximum atomic E-state index is 12.3. The fraction of sp³-hybridized carbons (Fsp3) is 0.412. The number of para-hydroxylation sites is 2. The number of anilines is 1. The van der Waals surface area contributed by atoms with Crippen molar-refractivity contribution in [3.8, 4) is 11.5 Å². The zero-order chi connectivity index (χ0) is 16.8. The highest BCUT2D eigenvalue weighted by molar-refractivity contribution is 6.29. The topological polar surface area (TPSA) is 47.5 Å². The first-order valence-corrected chi connectivity index (χ1v) is 8.31. The van der Waals surface area contributed by atoms with Gasteiger partial charge in [-0.1, -0.05) is 23.7 Å². The molecule has 0 radical (unpaired) electrons. The van der Waals surface area contributed by atoms with Crippen LogP contribution in [0.1, 0.15) is 12.8 Å². The second-order valence-electron chi connectivity index (χ2n) is 5.51. The molecule has 1 aliphatic heterocycles. The van der Waals surface area contributed by atoms with E-state index >= 15 is 0 Å². The van der Waals surface area contributed by atoms with Gasteiger partial charge in [-0.25, -0.2) is 9.37 Å². The zero-order valence-corrected chi connectivity index (χ0v) is 14.0. The summed E-state index contributed by atoms with van der Waals surface area (Å²) < 4.78 is 23.8. The van der Waals surface area contributed by atoms with E-state index in [1.54, 1.807) is 12.3 Å². The van der Waals surface area contributed by atoms with Crippen molar-refractivity contribution in [2.24, 2.45) is 0 Å². The number of alkyl halides is 1. The van der Waals surface area contributed by atoms with Gasteiger partial charge in [-0.15, -0.1) is 0 Å². The van der Waals surface area contributed by atoms with E-state index in [1.807, 2.05) is 18.2 Å². The Balaban J connectivity index is 1.67. The van der Waals surface area contributed by atoms with Crippen molar-refractivity contribution in [2.75, 3.05) is 31.3 Å². The highest BCUT2D eigenvalue weighted by Crippen LogP contribution is 2.29. The largest absolute Gasteiger partial charge is 0.487 e. The van der Waals surface area contributed by atoms with Gasteiger partial charge in [0.2, 0.25) is 0 Å². The Labute approximate surface area is 145 Å². The van der Waals surface area contributed by atoms with Crippen molar-refractivity contribution in [1.82, 2.24) is 9.97 Å². The Bertz CT molecular complexity index is 674. The van der Waals surface area contributed by atoms with Crippen LogP contribution in [0.2, 0.25) is 5.15 Å². The molecule has 1 fully saturated rings. The fourth-order valence-corrected chi connectivity index (χ4v) is 2.87. The molecular weight excluding hydrogens is 333 g/mol. The van der Waals surface area contributed by atoms with Crippen molar-refractivity contribution in [3.05, 3.63) is 41.8 Å². The third-order valence-electron chi connectivity index (χ3n) is 3.77. The quantitative estimate of drug-likeness (QED) is 0.796. The summed E-state index contributed by atoms with van der Waals surface area (Å²) >= 11 is 5.92. The summed E-state index contributed by atoms with van der Waals surface area (Å²) in [4.78, 5) is 10.5. The van der Waals surface area contributed by atoms with Crippen LogP contribution in [-0.4, -0.2) is 42.4 Å². The molecule has 5 nitrogen and oxygen atoms in total. The predicted octanol–water partition coefficient (Wildman–Crippen LogP) is 3.53. The van der Waals surface area contributed by atoms with Crippen LogP contribution in [0.15, 0.2) is 36.7 Å². The standard InChI is InChI=1S/C17H19ClFN3O2/c18-16-10-20-11-17(21-16)22-8-3-4-13(12-22)24-15-6-2-1-5-14(15)23-9-7-19/h1-2,5-6,10-11,13H,3-4,7-9,12H2/t13-/m1/s1. The molecule has 2 aromatic rings. The van der Waals surface area contributed by atoms with Crippen LogP contribution in [0, 0.1) is 0 Å². The van der Waals surface area contributed by atoms with Crippen LogP contribution < -0.4 is 14.4 Å². The molecule has 0 bridgehead atoms. The minimum Gasteiger partial charge on any atom is -0.487 e. The van der Waals surface area contributed by atoms with Crippen LogP contribution in [0.25, 0.3) is 0 Å². The Morgan fingerprint density at radius 3 is 2.88 bits per heavy atom. The highest BCUT2D eigenvalue weighted by Gasteiger charge is 2.23. The van der Waals surface area contributed by atoms with Gasteiger partial charge in [0, 0.05) is 6.54 Å². The fourth-order valence-electron chi connectivity index (χ4n) is 2.72. The first kappa shape index (κ1) is 16.8. The van der Waals surface area contributed by atoms with E-state index < -0.39 is 6.67 Å². The van der Waals surface area contributed by atoms with E-state index in [0.29, 0.717) is 23.2 Å². The Morgan fingerprint density at radius 2 is 2.08 bits per heavy atom. The molecule has 0 spiro atoms. The van der Waals surface area contributed by atoms with Gasteiger partial charge < -0.3 is 14.4 Å². The number of piperidine rings is 1. The van der Waals surface area contributed by atoms with E-state index in [0.717, 1.165) is 25.2 Å². The number of aromatic nitrogens is 2. The summed E-state index contributed by atoms with van der Waals surface area (Å²) in [6.07, 6.45) is 5.12. The minimum atomic E-state index is -0.529. The van der Waals surface area contributed by atoms with Crippen LogP contribution in [0.5, 0.6) is 11.5 Å². The molecule has 1 aromatic carbocycles. The molecule has 1 aliphatic rings. The van der Waals surface area contributed by atoms with Gasteiger partial charge in [0.1, 0.15) is 30.4 Å². The second-order valence-corrected chi connectivity index (χ2v) is 5.90. The number of hydrogen-bond acceptors (Lipinski definition) is 5. The average Bonchev–Trinajstić information content (AvgIpc) is 2.61. The molecule has 3 rings (SSSR count). The van der Waals surface area contributed by atoms with Crippen molar-refractivity contribution >= 4 is 17.4 Å². The number of ether oxygens (including phenoxy) is 2. The molecule has 1 atom stereocenters. The first-order valence-electron chi connectivity index (χ1n) is 7.93. The monoisotopic (exact) mass is 351 g/mol. The molecule has 0 N–H and O–H groups in total. The molecule has 0 saturated carbocycles. The highest BCUT2D eigenvalue weighted by atomic mass is 35.5. The third kappa shape index (κ3) is 4.26. The maximum Gasteiger partial charge on any atom is 0.161 e. The van der Waals surface area contributed by atoms with Crippen molar-refractivity contribution in [2.45, 2.75) is 18.9 Å². The number of halogens is 2. The number of nitrogens with zero attached hydrogens (tertiary/aromatic N) is 3. The smallest absolute Gasteiger partial charge is 0.161 e. The predicted molar refractivity (Wildman–Crippen MR) is 90.8 cm³/mol. The molecular formula is C17H19ClFN3O2. The van der Waals surface area contributed by atoms with Crippen LogP contribution in [-0.2, 0) is 0 Å². The molecule has 0 aliphatic carbocycles. The lowest BCUT2D eigenvalue weighted by Gasteiger charge is -2.33. The van der Waals surface area contributed by atoms with Crippen molar-refractivity contribution in [3.63, 3.8) is 0 Å². The Hall–Kier alpha value is -2.08. The lowest BCUT2D eigenvalue weighted by molar-refractivity contribution is 0.167. The van der Waals surface area contributed by atoms with Crippen molar-refractivity contribution < 1.29 is 13.9 Å². The summed E-state index contributed by atoms with van der Waals surface area (Å²) in [6.45, 7) is 1.07. The van der Waals surface area contributed by atoms with Crippen LogP contribution in [0.4, 0.5) is 10.2 Å². The molecule has 7 heteroatoms. The average molecular weight is 352 g/mol. The minimum absolute atomic E-state index is 0.00495. The number of benzene rings is 1. The van der Waals surface area contributed by atoms with Gasteiger partial charge in [0.15, 0.2) is 11.5 Å². The molecule has 128 valence electrons. The van der Waals surface area contributed by atoms with E-state index in [9.17, 15) is 4.39 Å². The summed E-state index contributed by atoms with van der Waals surface area (Å²) in [5, 5.41) is 0.375. The molecule has 24 heavy (non-hydrogen) atoms. The summed E-state index contributed by atoms with van der Waals surface area (Å²) in [6, 6.07) is 7.34. The van der Waals surface area contributed by atoms with Gasteiger partial charge in [0.05, 0.1) is 18.9 Å². The summed E-state index contributed by atoms with van der Waals surface area (Å²) in [5.74, 6) is 1.95. The zero-order valence-electron chi connectivity index (χ0n) is 13.2. The second kappa shape index (κ2) is 8.15. The van der Waals surface area contributed by atoms with Gasteiger partial charge in [-0.3, -0.25) is 4.98 Å². The molecule has 1 saturated heterocycles. The van der Waals surface area contributed by atoms with E-state index in [2.05, 4.69) is 14.9 Å². The van der Waals surface area contributed by atoms with E-state index in [1.165, 1.54) is 6.20 Å². The Morgan fingerprint density at radius 1 is 1.25 bits per heavy atom. The van der Waals surface area contributed by atoms with Crippen LogP contribution in [0.3, 0.4) is 0 Å². The Kier molecular flexibility index (Phi) is 5.69. The summed E-state index contributed by atoms with van der Waals surface area (Å²) in [5.41, 5.74) is 0. The SMILES string of the molecule is FCCOc1ccccc1O[C@@H]1CCCN(c2cncc(Cl)n2)C1. The van der Waals surface area contributed by atoms with Gasteiger partial charge in [0.25, 0.3) is 0 Å². The van der Waals surface area contributed by atoms with Gasteiger partial charge in [-0.2, -0.15) is 0 Å². The molecule has 0 unspecified atom stereocenters. The van der Waals surface area contributed by atoms with E-state index in [-0.39, 0.29) is 12.7 Å². The van der Waals surface area contributed by atoms with Crippen LogP contribution >= 0.6 is 11.6 Å². The number of hydrogen-bond donors (Lipinski definition) is 0. The number of rotatable bonds is 6. The maximum absolute atomic E-state index is 12.3. The van der Waals surface area contributed by atoms with Gasteiger partial charge >= 0.3 is 0 Å². The molecule has 2 heterocycles. The molecule has 0 amide bonds. The van der Waals surface area contributed by atoms with E-state index in [4.69, 9.17) is 21.1 Å². The van der Waals surface area contributed by atoms with Crippen molar-refractivity contribution in [1.29, 1.82) is 0 Å². The first-order chi connectivity index (χ1) is 11.8. The molecule has 1 aromatic heterocycles. The summed E-state index contributed by atoms with van der Waals surface area (Å²) in [7, 11) is 0. The lowest BCUT2D eigenvalue weighted by atomic mass is 10.1. The third-order valence-corrected chi connectivity index (χ3v) is 3.95.